The monoisotopic (exact) mass is 858 g/mol. The summed E-state index contributed by atoms with van der Waals surface area (Å²) < 4.78 is 23.6. The van der Waals surface area contributed by atoms with Crippen molar-refractivity contribution in [2.75, 3.05) is 14.2 Å². The third-order valence-corrected chi connectivity index (χ3v) is 15.5. The Morgan fingerprint density at radius 3 is 1.23 bits per heavy atom. The average Bonchev–Trinajstić information content (AvgIpc) is 3.29. The molecule has 0 radical (unpaired) electrons. The Morgan fingerprint density at radius 1 is 0.417 bits per heavy atom. The van der Waals surface area contributed by atoms with Gasteiger partial charge in [0, 0.05) is 50.3 Å². The summed E-state index contributed by atoms with van der Waals surface area (Å²) in [4.78, 5) is 33.4. The van der Waals surface area contributed by atoms with Crippen molar-refractivity contribution in [3.05, 3.63) is 168 Å². The molecule has 10 heteroatoms. The van der Waals surface area contributed by atoms with E-state index in [2.05, 4.69) is 109 Å². The highest BCUT2D eigenvalue weighted by Crippen LogP contribution is 2.51. The van der Waals surface area contributed by atoms with E-state index in [9.17, 15) is 9.59 Å². The molecule has 294 valence electrons. The molecule has 8 aromatic carbocycles. The number of carbonyl (C=O) groups is 2. The summed E-state index contributed by atoms with van der Waals surface area (Å²) >= 11 is 6.71. The van der Waals surface area contributed by atoms with E-state index in [4.69, 9.17) is 18.9 Å². The van der Waals surface area contributed by atoms with Gasteiger partial charge in [0.25, 0.3) is 0 Å². The van der Waals surface area contributed by atoms with Crippen LogP contribution in [0.2, 0.25) is 0 Å². The fraction of sp³-hybridized carbons (Fsp3) is 0.0800. The third-order valence-electron chi connectivity index (χ3n) is 10.4. The molecule has 0 spiro atoms. The van der Waals surface area contributed by atoms with Crippen molar-refractivity contribution in [1.82, 2.24) is 0 Å². The molecule has 6 nitrogen and oxygen atoms in total. The number of carbonyl (C=O) groups excluding carboxylic acids is 2. The highest BCUT2D eigenvalue weighted by molar-refractivity contribution is 8.05. The van der Waals surface area contributed by atoms with Crippen LogP contribution in [0.15, 0.2) is 185 Å². The molecule has 0 aromatic heterocycles. The van der Waals surface area contributed by atoms with E-state index in [1.165, 1.54) is 24.0 Å². The van der Waals surface area contributed by atoms with Crippen LogP contribution < -0.4 is 9.47 Å². The Bertz CT molecular complexity index is 2830. The number of hydrogen-bond donors (Lipinski definition) is 0. The van der Waals surface area contributed by atoms with Crippen LogP contribution in [-0.4, -0.2) is 26.2 Å². The Balaban J connectivity index is 0.968. The molecule has 0 aliphatic carbocycles. The zero-order chi connectivity index (χ0) is 40.7. The predicted molar refractivity (Wildman–Crippen MR) is 240 cm³/mol. The van der Waals surface area contributed by atoms with Crippen LogP contribution in [0.25, 0.3) is 32.7 Å². The van der Waals surface area contributed by atoms with Gasteiger partial charge in [0.05, 0.1) is 25.3 Å². The van der Waals surface area contributed by atoms with Gasteiger partial charge < -0.3 is 18.9 Å². The van der Waals surface area contributed by atoms with Crippen LogP contribution in [0.1, 0.15) is 31.8 Å². The van der Waals surface area contributed by atoms with Crippen LogP contribution in [0.3, 0.4) is 0 Å². The molecule has 0 atom stereocenters. The average molecular weight is 859 g/mol. The molecule has 2 aliphatic rings. The van der Waals surface area contributed by atoms with E-state index in [1.54, 1.807) is 47.0 Å². The maximum Gasteiger partial charge on any atom is 0.337 e. The fourth-order valence-corrected chi connectivity index (χ4v) is 12.1. The van der Waals surface area contributed by atoms with Crippen LogP contribution in [-0.2, 0) is 22.7 Å². The van der Waals surface area contributed by atoms with Gasteiger partial charge >= 0.3 is 11.9 Å². The van der Waals surface area contributed by atoms with Crippen LogP contribution >= 0.6 is 47.0 Å². The maximum atomic E-state index is 12.3. The summed E-state index contributed by atoms with van der Waals surface area (Å²) in [7, 11) is 2.81. The third kappa shape index (κ3) is 7.38. The fourth-order valence-electron chi connectivity index (χ4n) is 7.50. The topological polar surface area (TPSA) is 71.1 Å². The lowest BCUT2D eigenvalue weighted by atomic mass is 9.92. The highest BCUT2D eigenvalue weighted by atomic mass is 32.2. The van der Waals surface area contributed by atoms with Gasteiger partial charge in [-0.3, -0.25) is 0 Å². The van der Waals surface area contributed by atoms with Crippen molar-refractivity contribution in [3.8, 4) is 22.6 Å². The Hall–Kier alpha value is -5.78. The van der Waals surface area contributed by atoms with Gasteiger partial charge in [-0.25, -0.2) is 9.59 Å². The molecule has 0 bridgehead atoms. The highest BCUT2D eigenvalue weighted by Gasteiger charge is 2.23. The number of esters is 2. The quantitative estimate of drug-likeness (QED) is 0.131. The summed E-state index contributed by atoms with van der Waals surface area (Å²) in [5.41, 5.74) is 5.10. The largest absolute Gasteiger partial charge is 0.488 e. The zero-order valence-corrected chi connectivity index (χ0v) is 35.6. The van der Waals surface area contributed by atoms with Crippen molar-refractivity contribution < 1.29 is 28.5 Å². The first-order valence-corrected chi connectivity index (χ1v) is 22.4. The van der Waals surface area contributed by atoms with E-state index in [0.717, 1.165) is 84.7 Å². The second-order valence-corrected chi connectivity index (χ2v) is 18.5. The first-order valence-electron chi connectivity index (χ1n) is 19.1. The van der Waals surface area contributed by atoms with Crippen molar-refractivity contribution in [2.24, 2.45) is 0 Å². The number of methoxy groups -OCH3 is 2. The molecular formula is C50H34O6S4. The Kier molecular flexibility index (Phi) is 10.5. The van der Waals surface area contributed by atoms with Gasteiger partial charge in [0.1, 0.15) is 24.7 Å². The zero-order valence-electron chi connectivity index (χ0n) is 32.4. The van der Waals surface area contributed by atoms with Crippen molar-refractivity contribution in [3.63, 3.8) is 0 Å². The summed E-state index contributed by atoms with van der Waals surface area (Å²) in [6, 6.07) is 49.5. The molecular weight excluding hydrogens is 825 g/mol. The summed E-state index contributed by atoms with van der Waals surface area (Å²) in [6.45, 7) is 0.712. The summed E-state index contributed by atoms with van der Waals surface area (Å²) in [5, 5.41) is 4.34. The van der Waals surface area contributed by atoms with E-state index in [1.807, 2.05) is 36.4 Å². The van der Waals surface area contributed by atoms with E-state index >= 15 is 0 Å². The molecule has 0 N–H and O–H groups in total. The van der Waals surface area contributed by atoms with Crippen LogP contribution in [0.5, 0.6) is 11.5 Å². The molecule has 0 fully saturated rings. The molecule has 0 saturated carbocycles. The minimum Gasteiger partial charge on any atom is -0.488 e. The maximum absolute atomic E-state index is 12.3. The lowest BCUT2D eigenvalue weighted by molar-refractivity contribution is 0.0591. The van der Waals surface area contributed by atoms with E-state index in [-0.39, 0.29) is 11.9 Å². The molecule has 60 heavy (non-hydrogen) atoms. The van der Waals surface area contributed by atoms with Gasteiger partial charge in [0.2, 0.25) is 0 Å². The molecule has 2 heterocycles. The minimum absolute atomic E-state index is 0.344. The second kappa shape index (κ2) is 16.3. The van der Waals surface area contributed by atoms with E-state index in [0.29, 0.717) is 24.3 Å². The number of rotatable bonds is 9. The standard InChI is InChI=1S/C50H34O6S4/c1-53-49(51)33-15-21-41-45(25-33)59-43-23-29(11-19-39(43)57-41)27-55-37-17-13-31-7-3-5-9-35(31)47(37)48-36-10-6-4-8-32(36)14-18-38(48)56-28-30-12-20-40-44(24-30)60-46-26-34(50(52)54-2)16-22-42(46)58-40/h3-26H,27-28H2,1-2H3. The Morgan fingerprint density at radius 2 is 0.800 bits per heavy atom. The normalized spacial score (nSPS) is 12.5. The Labute approximate surface area is 364 Å². The van der Waals surface area contributed by atoms with Gasteiger partial charge in [-0.05, 0) is 105 Å². The second-order valence-electron chi connectivity index (χ2n) is 14.2. The lowest BCUT2D eigenvalue weighted by Gasteiger charge is -2.21. The first kappa shape index (κ1) is 38.4. The van der Waals surface area contributed by atoms with Crippen LogP contribution in [0, 0.1) is 0 Å². The van der Waals surface area contributed by atoms with E-state index < -0.39 is 0 Å². The SMILES string of the molecule is COC(=O)c1ccc2c(c1)Sc1cc(COc3ccc4ccccc4c3-c3c(OCc4ccc5c(c4)Sc4cc(C(=O)OC)ccc4S5)ccc4ccccc34)ccc1S2. The molecule has 0 saturated heterocycles. The van der Waals surface area contributed by atoms with Crippen LogP contribution in [0.4, 0.5) is 0 Å². The number of benzene rings is 8. The molecule has 8 aromatic rings. The minimum atomic E-state index is -0.344. The lowest BCUT2D eigenvalue weighted by Crippen LogP contribution is -2.03. The number of hydrogen-bond acceptors (Lipinski definition) is 10. The van der Waals surface area contributed by atoms with Gasteiger partial charge in [-0.1, -0.05) is 120 Å². The van der Waals surface area contributed by atoms with Crippen molar-refractivity contribution in [2.45, 2.75) is 52.4 Å². The summed E-state index contributed by atoms with van der Waals surface area (Å²) in [6.07, 6.45) is 0. The molecule has 0 unspecified atom stereocenters. The molecule has 2 aliphatic heterocycles. The van der Waals surface area contributed by atoms with Gasteiger partial charge in [0.15, 0.2) is 0 Å². The number of ether oxygens (including phenoxy) is 4. The number of fused-ring (bicyclic) bond motifs is 6. The van der Waals surface area contributed by atoms with Gasteiger partial charge in [-0.15, -0.1) is 0 Å². The molecule has 0 amide bonds. The smallest absolute Gasteiger partial charge is 0.337 e. The van der Waals surface area contributed by atoms with Gasteiger partial charge in [-0.2, -0.15) is 0 Å². The summed E-state index contributed by atoms with van der Waals surface area (Å²) in [5.74, 6) is 0.830. The van der Waals surface area contributed by atoms with Crippen molar-refractivity contribution in [1.29, 1.82) is 0 Å². The first-order chi connectivity index (χ1) is 29.4. The predicted octanol–water partition coefficient (Wildman–Crippen LogP) is 13.6. The molecule has 10 rings (SSSR count). The van der Waals surface area contributed by atoms with Crippen molar-refractivity contribution >= 4 is 80.5 Å².